The summed E-state index contributed by atoms with van der Waals surface area (Å²) in [5.74, 6) is -0.571. The number of furan rings is 1. The molecule has 3 aromatic carbocycles. The van der Waals surface area contributed by atoms with Gasteiger partial charge < -0.3 is 9.73 Å². The summed E-state index contributed by atoms with van der Waals surface area (Å²) in [7, 11) is -1.23. The zero-order chi connectivity index (χ0) is 23.0. The summed E-state index contributed by atoms with van der Waals surface area (Å²) in [5, 5.41) is 8.46. The number of carbonyl (C=O) groups excluding carboxylic acids is 1. The molecule has 0 aliphatic carbocycles. The Morgan fingerprint density at radius 2 is 1.69 bits per heavy atom. The third kappa shape index (κ3) is 3.83. The van der Waals surface area contributed by atoms with E-state index in [4.69, 9.17) is 9.56 Å². The fraction of sp³-hybridized carbons (Fsp3) is 0.0870. The van der Waals surface area contributed by atoms with Crippen molar-refractivity contribution in [2.75, 3.05) is 18.4 Å². The van der Waals surface area contributed by atoms with Gasteiger partial charge >= 0.3 is 0 Å². The number of benzene rings is 3. The van der Waals surface area contributed by atoms with Crippen LogP contribution in [0, 0.1) is 5.82 Å². The van der Waals surface area contributed by atoms with Crippen molar-refractivity contribution < 1.29 is 22.0 Å². The minimum atomic E-state index is -4.07. The highest BCUT2D eigenvalue weighted by atomic mass is 32.2. The number of anilines is 1. The van der Waals surface area contributed by atoms with Crippen LogP contribution < -0.4 is 14.8 Å². The lowest BCUT2D eigenvalue weighted by molar-refractivity contribution is 0.0964. The van der Waals surface area contributed by atoms with Gasteiger partial charge in [-0.05, 0) is 35.9 Å². The number of rotatable bonds is 5. The topological polar surface area (TPSA) is 106 Å². The number of hydrogen-bond acceptors (Lipinski definition) is 4. The molecule has 0 unspecified atom stereocenters. The first-order valence-corrected chi connectivity index (χ1v) is 11.1. The predicted molar refractivity (Wildman–Crippen MR) is 122 cm³/mol. The van der Waals surface area contributed by atoms with E-state index in [-0.39, 0.29) is 22.6 Å². The second kappa shape index (κ2) is 8.10. The molecule has 1 amide bonds. The molecule has 0 saturated carbocycles. The number of nitrogens with zero attached hydrogens (tertiary/aromatic N) is 1. The van der Waals surface area contributed by atoms with Crippen LogP contribution in [0.3, 0.4) is 0 Å². The first-order chi connectivity index (χ1) is 15.2. The van der Waals surface area contributed by atoms with Crippen LogP contribution in [0.15, 0.2) is 71.1 Å². The quantitative estimate of drug-likeness (QED) is 0.478. The number of hydrogen-bond donors (Lipinski definition) is 2. The molecule has 4 aromatic rings. The Morgan fingerprint density at radius 1 is 1.03 bits per heavy atom. The molecule has 4 rings (SSSR count). The van der Waals surface area contributed by atoms with Gasteiger partial charge in [0.2, 0.25) is 0 Å². The molecule has 164 valence electrons. The van der Waals surface area contributed by atoms with Gasteiger partial charge in [0.15, 0.2) is 0 Å². The molecule has 3 N–H and O–H groups in total. The molecule has 0 saturated heterocycles. The van der Waals surface area contributed by atoms with Gasteiger partial charge in [-0.2, -0.15) is 8.42 Å². The van der Waals surface area contributed by atoms with E-state index < -0.39 is 21.9 Å². The van der Waals surface area contributed by atoms with E-state index in [1.54, 1.807) is 6.07 Å². The maximum absolute atomic E-state index is 13.4. The number of nitrogens with two attached hydrogens (primary N) is 1. The maximum Gasteiger partial charge on any atom is 0.298 e. The van der Waals surface area contributed by atoms with Crippen LogP contribution in [0.25, 0.3) is 33.4 Å². The van der Waals surface area contributed by atoms with Crippen molar-refractivity contribution in [3.05, 3.63) is 78.1 Å². The van der Waals surface area contributed by atoms with Gasteiger partial charge in [-0.1, -0.05) is 30.3 Å². The van der Waals surface area contributed by atoms with Crippen LogP contribution in [0.5, 0.6) is 0 Å². The molecule has 0 fully saturated rings. The molecule has 0 aliphatic rings. The average Bonchev–Trinajstić information content (AvgIpc) is 3.16. The predicted octanol–water partition coefficient (Wildman–Crippen LogP) is 3.91. The van der Waals surface area contributed by atoms with Crippen molar-refractivity contribution in [3.63, 3.8) is 0 Å². The van der Waals surface area contributed by atoms with Gasteiger partial charge in [0.1, 0.15) is 17.2 Å². The summed E-state index contributed by atoms with van der Waals surface area (Å²) in [5.41, 5.74) is 2.61. The van der Waals surface area contributed by atoms with Crippen LogP contribution in [-0.4, -0.2) is 28.4 Å². The Kier molecular flexibility index (Phi) is 5.45. The molecule has 32 heavy (non-hydrogen) atoms. The number of nitrogens with one attached hydrogen (secondary N) is 1. The number of fused-ring (bicyclic) bond motifs is 1. The highest BCUT2D eigenvalue weighted by Crippen LogP contribution is 2.41. The second-order valence-corrected chi connectivity index (χ2v) is 8.71. The summed E-state index contributed by atoms with van der Waals surface area (Å²) >= 11 is 0. The Bertz CT molecular complexity index is 1420. The number of halogens is 1. The molecule has 0 radical (unpaired) electrons. The summed E-state index contributed by atoms with van der Waals surface area (Å²) in [6, 6.07) is 17.9. The average molecular weight is 453 g/mol. The summed E-state index contributed by atoms with van der Waals surface area (Å²) in [6.45, 7) is 0. The van der Waals surface area contributed by atoms with Gasteiger partial charge in [0.25, 0.3) is 16.1 Å². The SMILES string of the molecule is CNC(=O)c1c(-c2ccc(F)cc2)oc2cc(N(C)S(N)(=O)=O)c(-c3ccccc3)cc12. The largest absolute Gasteiger partial charge is 0.455 e. The summed E-state index contributed by atoms with van der Waals surface area (Å²) in [4.78, 5) is 12.8. The zero-order valence-corrected chi connectivity index (χ0v) is 18.1. The minimum absolute atomic E-state index is 0.244. The minimum Gasteiger partial charge on any atom is -0.455 e. The van der Waals surface area contributed by atoms with Gasteiger partial charge in [0, 0.05) is 36.7 Å². The highest BCUT2D eigenvalue weighted by Gasteiger charge is 2.25. The van der Waals surface area contributed by atoms with E-state index in [0.717, 1.165) is 9.87 Å². The van der Waals surface area contributed by atoms with Crippen molar-refractivity contribution in [3.8, 4) is 22.5 Å². The molecule has 1 heterocycles. The third-order valence-electron chi connectivity index (χ3n) is 5.17. The van der Waals surface area contributed by atoms with Gasteiger partial charge in [-0.15, -0.1) is 0 Å². The highest BCUT2D eigenvalue weighted by molar-refractivity contribution is 7.90. The smallest absolute Gasteiger partial charge is 0.298 e. The van der Waals surface area contributed by atoms with E-state index in [1.165, 1.54) is 44.4 Å². The van der Waals surface area contributed by atoms with Gasteiger partial charge in [0.05, 0.1) is 11.3 Å². The fourth-order valence-corrected chi connectivity index (χ4v) is 3.96. The van der Waals surface area contributed by atoms with Crippen molar-refractivity contribution in [1.82, 2.24) is 5.32 Å². The van der Waals surface area contributed by atoms with Crippen LogP contribution in [0.4, 0.5) is 10.1 Å². The first-order valence-electron chi connectivity index (χ1n) is 9.61. The Labute approximate surface area is 184 Å². The molecule has 0 aliphatic heterocycles. The van der Waals surface area contributed by atoms with Crippen LogP contribution >= 0.6 is 0 Å². The molecular weight excluding hydrogens is 433 g/mol. The Morgan fingerprint density at radius 3 is 2.28 bits per heavy atom. The second-order valence-electron chi connectivity index (χ2n) is 7.14. The Hall–Kier alpha value is -3.69. The number of carbonyl (C=O) groups is 1. The van der Waals surface area contributed by atoms with E-state index in [0.29, 0.717) is 16.5 Å². The molecule has 1 aromatic heterocycles. The van der Waals surface area contributed by atoms with Gasteiger partial charge in [-0.3, -0.25) is 9.10 Å². The molecular formula is C23H20FN3O4S. The first kappa shape index (κ1) is 21.5. The normalized spacial score (nSPS) is 11.5. The van der Waals surface area contributed by atoms with Crippen molar-refractivity contribution in [1.29, 1.82) is 0 Å². The molecule has 0 bridgehead atoms. The van der Waals surface area contributed by atoms with Crippen LogP contribution in [-0.2, 0) is 10.2 Å². The maximum atomic E-state index is 13.4. The van der Waals surface area contributed by atoms with E-state index in [9.17, 15) is 17.6 Å². The van der Waals surface area contributed by atoms with Crippen LogP contribution in [0.2, 0.25) is 0 Å². The monoisotopic (exact) mass is 453 g/mol. The lowest BCUT2D eigenvalue weighted by Gasteiger charge is -2.20. The Balaban J connectivity index is 2.08. The fourth-order valence-electron chi connectivity index (χ4n) is 3.53. The molecule has 0 spiro atoms. The van der Waals surface area contributed by atoms with E-state index >= 15 is 0 Å². The number of amides is 1. The summed E-state index contributed by atoms with van der Waals surface area (Å²) < 4.78 is 44.6. The third-order valence-corrected chi connectivity index (χ3v) is 6.13. The zero-order valence-electron chi connectivity index (χ0n) is 17.3. The lowest BCUT2D eigenvalue weighted by atomic mass is 9.98. The lowest BCUT2D eigenvalue weighted by Crippen LogP contribution is -2.33. The van der Waals surface area contributed by atoms with Crippen LogP contribution in [0.1, 0.15) is 10.4 Å². The van der Waals surface area contributed by atoms with Crippen molar-refractivity contribution >= 4 is 32.8 Å². The molecule has 0 atom stereocenters. The van der Waals surface area contributed by atoms with Crippen molar-refractivity contribution in [2.24, 2.45) is 5.14 Å². The van der Waals surface area contributed by atoms with Gasteiger partial charge in [-0.25, -0.2) is 9.53 Å². The van der Waals surface area contributed by atoms with E-state index in [1.807, 2.05) is 30.3 Å². The van der Waals surface area contributed by atoms with Crippen molar-refractivity contribution in [2.45, 2.75) is 0 Å². The summed E-state index contributed by atoms with van der Waals surface area (Å²) in [6.07, 6.45) is 0. The standard InChI is InChI=1S/C23H20FN3O4S/c1-26-23(28)21-18-12-17(14-6-4-3-5-7-14)19(27(2)32(25,29)30)13-20(18)31-22(21)15-8-10-16(24)11-9-15/h3-13H,1-2H3,(H,26,28)(H2,25,29,30). The molecule has 7 nitrogen and oxygen atoms in total. The molecule has 9 heteroatoms. The van der Waals surface area contributed by atoms with E-state index in [2.05, 4.69) is 5.32 Å².